The SMILES string of the molecule is Cc1ccc(NC(=O)C2CCCCCC2N)nc1. The topological polar surface area (TPSA) is 68.0 Å². The minimum absolute atomic E-state index is 0.0146. The third-order valence-corrected chi connectivity index (χ3v) is 3.57. The molecule has 1 aromatic rings. The van der Waals surface area contributed by atoms with Crippen LogP contribution in [0.5, 0.6) is 0 Å². The molecule has 98 valence electrons. The van der Waals surface area contributed by atoms with Crippen molar-refractivity contribution >= 4 is 11.7 Å². The molecular weight excluding hydrogens is 226 g/mol. The fourth-order valence-corrected chi connectivity index (χ4v) is 2.42. The maximum Gasteiger partial charge on any atom is 0.230 e. The minimum Gasteiger partial charge on any atom is -0.327 e. The van der Waals surface area contributed by atoms with Crippen LogP contribution in [0.25, 0.3) is 0 Å². The summed E-state index contributed by atoms with van der Waals surface area (Å²) in [7, 11) is 0. The highest BCUT2D eigenvalue weighted by molar-refractivity contribution is 5.92. The fraction of sp³-hybridized carbons (Fsp3) is 0.571. The summed E-state index contributed by atoms with van der Waals surface area (Å²) < 4.78 is 0. The van der Waals surface area contributed by atoms with Gasteiger partial charge in [-0.2, -0.15) is 0 Å². The molecule has 1 heterocycles. The summed E-state index contributed by atoms with van der Waals surface area (Å²) in [4.78, 5) is 16.4. The third-order valence-electron chi connectivity index (χ3n) is 3.57. The van der Waals surface area contributed by atoms with Crippen LogP contribution in [-0.2, 0) is 4.79 Å². The number of nitrogens with one attached hydrogen (secondary N) is 1. The van der Waals surface area contributed by atoms with E-state index in [1.165, 1.54) is 6.42 Å². The highest BCUT2D eigenvalue weighted by Crippen LogP contribution is 2.23. The first-order valence-corrected chi connectivity index (χ1v) is 6.66. The molecule has 3 N–H and O–H groups in total. The van der Waals surface area contributed by atoms with Gasteiger partial charge in [0.25, 0.3) is 0 Å². The summed E-state index contributed by atoms with van der Waals surface area (Å²) in [6, 6.07) is 3.75. The van der Waals surface area contributed by atoms with Crippen LogP contribution >= 0.6 is 0 Å². The first-order valence-electron chi connectivity index (χ1n) is 6.66. The lowest BCUT2D eigenvalue weighted by Crippen LogP contribution is -2.37. The molecule has 1 fully saturated rings. The molecule has 1 aromatic heterocycles. The molecule has 0 bridgehead atoms. The lowest BCUT2D eigenvalue weighted by atomic mass is 9.94. The van der Waals surface area contributed by atoms with Crippen LogP contribution in [0.2, 0.25) is 0 Å². The molecule has 1 aliphatic carbocycles. The summed E-state index contributed by atoms with van der Waals surface area (Å²) in [6.07, 6.45) is 6.99. The normalized spacial score (nSPS) is 24.3. The first-order chi connectivity index (χ1) is 8.66. The largest absolute Gasteiger partial charge is 0.327 e. The van der Waals surface area contributed by atoms with E-state index in [0.29, 0.717) is 5.82 Å². The Bertz CT molecular complexity index is 402. The average molecular weight is 247 g/mol. The van der Waals surface area contributed by atoms with Gasteiger partial charge >= 0.3 is 0 Å². The van der Waals surface area contributed by atoms with Crippen molar-refractivity contribution in [2.24, 2.45) is 11.7 Å². The third kappa shape index (κ3) is 3.29. The van der Waals surface area contributed by atoms with Crippen LogP contribution in [0, 0.1) is 12.8 Å². The van der Waals surface area contributed by atoms with Gasteiger partial charge in [0.15, 0.2) is 0 Å². The highest BCUT2D eigenvalue weighted by Gasteiger charge is 2.27. The predicted molar refractivity (Wildman–Crippen MR) is 72.2 cm³/mol. The van der Waals surface area contributed by atoms with Crippen LogP contribution in [0.4, 0.5) is 5.82 Å². The van der Waals surface area contributed by atoms with Crippen molar-refractivity contribution in [3.05, 3.63) is 23.9 Å². The first kappa shape index (κ1) is 13.0. The van der Waals surface area contributed by atoms with E-state index >= 15 is 0 Å². The van der Waals surface area contributed by atoms with E-state index < -0.39 is 0 Å². The summed E-state index contributed by atoms with van der Waals surface area (Å²) in [5, 5.41) is 2.87. The number of nitrogens with two attached hydrogens (primary N) is 1. The second-order valence-corrected chi connectivity index (χ2v) is 5.12. The molecule has 0 radical (unpaired) electrons. The zero-order valence-electron chi connectivity index (χ0n) is 10.9. The van der Waals surface area contributed by atoms with Crippen LogP contribution in [0.1, 0.15) is 37.7 Å². The zero-order chi connectivity index (χ0) is 13.0. The molecule has 4 nitrogen and oxygen atoms in total. The maximum atomic E-state index is 12.2. The molecule has 2 unspecified atom stereocenters. The predicted octanol–water partition coefficient (Wildman–Crippen LogP) is 2.24. The second kappa shape index (κ2) is 5.96. The number of amides is 1. The summed E-state index contributed by atoms with van der Waals surface area (Å²) >= 11 is 0. The van der Waals surface area contributed by atoms with Gasteiger partial charge in [-0.3, -0.25) is 4.79 Å². The number of pyridine rings is 1. The Morgan fingerprint density at radius 2 is 2.11 bits per heavy atom. The molecule has 0 spiro atoms. The Morgan fingerprint density at radius 1 is 1.33 bits per heavy atom. The number of nitrogens with zero attached hydrogens (tertiary/aromatic N) is 1. The van der Waals surface area contributed by atoms with Gasteiger partial charge in [0, 0.05) is 12.2 Å². The monoisotopic (exact) mass is 247 g/mol. The molecule has 0 aromatic carbocycles. The fourth-order valence-electron chi connectivity index (χ4n) is 2.42. The molecule has 2 rings (SSSR count). The van der Waals surface area contributed by atoms with Crippen molar-refractivity contribution in [1.82, 2.24) is 4.98 Å². The quantitative estimate of drug-likeness (QED) is 0.787. The number of rotatable bonds is 2. The molecule has 1 aliphatic rings. The van der Waals surface area contributed by atoms with Crippen molar-refractivity contribution in [1.29, 1.82) is 0 Å². The van der Waals surface area contributed by atoms with Crippen LogP contribution in [0.15, 0.2) is 18.3 Å². The molecule has 2 atom stereocenters. The van der Waals surface area contributed by atoms with Gasteiger partial charge in [0.1, 0.15) is 5.82 Å². The summed E-state index contributed by atoms with van der Waals surface area (Å²) in [6.45, 7) is 1.97. The van der Waals surface area contributed by atoms with Crippen LogP contribution in [-0.4, -0.2) is 16.9 Å². The smallest absolute Gasteiger partial charge is 0.230 e. The lowest BCUT2D eigenvalue weighted by Gasteiger charge is -2.20. The Kier molecular flexibility index (Phi) is 4.31. The van der Waals surface area contributed by atoms with Crippen molar-refractivity contribution in [2.45, 2.75) is 45.1 Å². The van der Waals surface area contributed by atoms with E-state index in [9.17, 15) is 4.79 Å². The van der Waals surface area contributed by atoms with E-state index in [1.807, 2.05) is 19.1 Å². The second-order valence-electron chi connectivity index (χ2n) is 5.12. The van der Waals surface area contributed by atoms with E-state index in [1.54, 1.807) is 6.20 Å². The summed E-state index contributed by atoms with van der Waals surface area (Å²) in [5.74, 6) is 0.554. The van der Waals surface area contributed by atoms with E-state index in [2.05, 4.69) is 10.3 Å². The van der Waals surface area contributed by atoms with Crippen LogP contribution < -0.4 is 11.1 Å². The van der Waals surface area contributed by atoms with Crippen molar-refractivity contribution in [3.63, 3.8) is 0 Å². The van der Waals surface area contributed by atoms with Crippen molar-refractivity contribution in [3.8, 4) is 0 Å². The standard InChI is InChI=1S/C14H21N3O/c1-10-7-8-13(16-9-10)17-14(18)11-5-3-2-4-6-12(11)15/h7-9,11-12H,2-6,15H2,1H3,(H,16,17,18). The van der Waals surface area contributed by atoms with Gasteiger partial charge in [0.05, 0.1) is 5.92 Å². The van der Waals surface area contributed by atoms with Crippen molar-refractivity contribution < 1.29 is 4.79 Å². The Morgan fingerprint density at radius 3 is 2.83 bits per heavy atom. The number of hydrogen-bond donors (Lipinski definition) is 2. The minimum atomic E-state index is -0.0735. The Hall–Kier alpha value is -1.42. The van der Waals surface area contributed by atoms with E-state index in [4.69, 9.17) is 5.73 Å². The van der Waals surface area contributed by atoms with Gasteiger partial charge < -0.3 is 11.1 Å². The molecule has 0 aliphatic heterocycles. The zero-order valence-corrected chi connectivity index (χ0v) is 10.9. The van der Waals surface area contributed by atoms with Gasteiger partial charge in [-0.05, 0) is 31.4 Å². The number of carbonyl (C=O) groups is 1. The lowest BCUT2D eigenvalue weighted by molar-refractivity contribution is -0.120. The molecule has 1 saturated carbocycles. The molecule has 18 heavy (non-hydrogen) atoms. The Labute approximate surface area is 108 Å². The summed E-state index contributed by atoms with van der Waals surface area (Å²) in [5.41, 5.74) is 7.16. The van der Waals surface area contributed by atoms with Crippen molar-refractivity contribution in [2.75, 3.05) is 5.32 Å². The van der Waals surface area contributed by atoms with E-state index in [0.717, 1.165) is 31.2 Å². The Balaban J connectivity index is 1.99. The van der Waals surface area contributed by atoms with E-state index in [-0.39, 0.29) is 17.9 Å². The van der Waals surface area contributed by atoms with Gasteiger partial charge in [-0.15, -0.1) is 0 Å². The van der Waals surface area contributed by atoms with Gasteiger partial charge in [0.2, 0.25) is 5.91 Å². The number of aryl methyl sites for hydroxylation is 1. The molecule has 1 amide bonds. The number of anilines is 1. The number of hydrogen-bond acceptors (Lipinski definition) is 3. The van der Waals surface area contributed by atoms with Crippen LogP contribution in [0.3, 0.4) is 0 Å². The molecule has 4 heteroatoms. The number of carbonyl (C=O) groups excluding carboxylic acids is 1. The molecule has 0 saturated heterocycles. The average Bonchev–Trinajstić information content (AvgIpc) is 2.57. The maximum absolute atomic E-state index is 12.2. The van der Waals surface area contributed by atoms with Gasteiger partial charge in [-0.1, -0.05) is 25.3 Å². The highest BCUT2D eigenvalue weighted by atomic mass is 16.2. The molecular formula is C14H21N3O. The van der Waals surface area contributed by atoms with Gasteiger partial charge in [-0.25, -0.2) is 4.98 Å². The number of aromatic nitrogens is 1.